The lowest BCUT2D eigenvalue weighted by Crippen LogP contribution is -2.64. The van der Waals surface area contributed by atoms with Crippen molar-refractivity contribution in [2.75, 3.05) is 32.7 Å². The minimum Gasteiger partial charge on any atom is -0.508 e. The second-order valence-electron chi connectivity index (χ2n) is 5.74. The van der Waals surface area contributed by atoms with Crippen molar-refractivity contribution in [2.45, 2.75) is 24.9 Å². The van der Waals surface area contributed by atoms with Gasteiger partial charge in [0.1, 0.15) is 5.75 Å². The Kier molecular flexibility index (Phi) is 3.73. The number of nitrogens with zero attached hydrogens (tertiary/aromatic N) is 1. The van der Waals surface area contributed by atoms with Gasteiger partial charge in [-0.3, -0.25) is 4.90 Å². The number of hydrogen-bond acceptors (Lipinski definition) is 4. The van der Waals surface area contributed by atoms with Gasteiger partial charge in [0.2, 0.25) is 0 Å². The summed E-state index contributed by atoms with van der Waals surface area (Å²) in [5.41, 5.74) is 1.61. The fourth-order valence-electron chi connectivity index (χ4n) is 3.34. The van der Waals surface area contributed by atoms with Crippen molar-refractivity contribution >= 4 is 0 Å². The molecule has 0 aromatic heterocycles. The van der Waals surface area contributed by atoms with Crippen LogP contribution in [0.2, 0.25) is 0 Å². The van der Waals surface area contributed by atoms with E-state index in [0.717, 1.165) is 39.3 Å². The molecule has 19 heavy (non-hydrogen) atoms. The number of piperidine rings is 1. The number of aromatic hydroxyl groups is 1. The van der Waals surface area contributed by atoms with Crippen LogP contribution in [0.1, 0.15) is 18.4 Å². The quantitative estimate of drug-likeness (QED) is 0.741. The zero-order valence-corrected chi connectivity index (χ0v) is 11.4. The van der Waals surface area contributed by atoms with E-state index in [-0.39, 0.29) is 0 Å². The maximum absolute atomic E-state index is 9.37. The summed E-state index contributed by atoms with van der Waals surface area (Å²) in [5, 5.41) is 16.4. The topological polar surface area (TPSA) is 47.5 Å². The predicted molar refractivity (Wildman–Crippen MR) is 76.2 cm³/mol. The van der Waals surface area contributed by atoms with Crippen molar-refractivity contribution in [2.24, 2.45) is 0 Å². The highest BCUT2D eigenvalue weighted by Gasteiger charge is 2.39. The number of phenols is 1. The van der Waals surface area contributed by atoms with Gasteiger partial charge in [0.05, 0.1) is 0 Å². The Morgan fingerprint density at radius 3 is 2.53 bits per heavy atom. The molecule has 0 aliphatic carbocycles. The van der Waals surface area contributed by atoms with E-state index < -0.39 is 0 Å². The van der Waals surface area contributed by atoms with Crippen LogP contribution in [-0.4, -0.2) is 48.3 Å². The van der Waals surface area contributed by atoms with Gasteiger partial charge in [-0.2, -0.15) is 0 Å². The molecule has 0 bridgehead atoms. The summed E-state index contributed by atoms with van der Waals surface area (Å²) < 4.78 is 0. The summed E-state index contributed by atoms with van der Waals surface area (Å²) in [6.07, 6.45) is 2.44. The zero-order valence-electron chi connectivity index (χ0n) is 11.4. The second-order valence-corrected chi connectivity index (χ2v) is 5.74. The third-order valence-corrected chi connectivity index (χ3v) is 4.53. The molecule has 1 spiro atoms. The number of piperazine rings is 1. The van der Waals surface area contributed by atoms with Crippen LogP contribution in [0.25, 0.3) is 0 Å². The smallest absolute Gasteiger partial charge is 0.115 e. The van der Waals surface area contributed by atoms with Crippen LogP contribution in [0.3, 0.4) is 0 Å². The first-order chi connectivity index (χ1) is 9.28. The molecule has 0 amide bonds. The molecule has 2 saturated heterocycles. The summed E-state index contributed by atoms with van der Waals surface area (Å²) in [5.74, 6) is 0.348. The van der Waals surface area contributed by atoms with Gasteiger partial charge in [-0.15, -0.1) is 0 Å². The first-order valence-corrected chi connectivity index (χ1v) is 7.23. The van der Waals surface area contributed by atoms with Gasteiger partial charge in [0.15, 0.2) is 0 Å². The molecule has 0 saturated carbocycles. The number of phenolic OH excluding ortho intramolecular Hbond substituents is 1. The van der Waals surface area contributed by atoms with E-state index in [0.29, 0.717) is 11.3 Å². The van der Waals surface area contributed by atoms with E-state index in [1.165, 1.54) is 18.4 Å². The lowest BCUT2D eigenvalue weighted by atomic mass is 9.84. The highest BCUT2D eigenvalue weighted by atomic mass is 16.3. The molecule has 1 aromatic carbocycles. The van der Waals surface area contributed by atoms with Crippen LogP contribution in [0.5, 0.6) is 5.75 Å². The Bertz CT molecular complexity index is 404. The van der Waals surface area contributed by atoms with Crippen molar-refractivity contribution in [3.05, 3.63) is 29.8 Å². The fourth-order valence-corrected chi connectivity index (χ4v) is 3.34. The van der Waals surface area contributed by atoms with Gasteiger partial charge in [-0.1, -0.05) is 12.1 Å². The van der Waals surface area contributed by atoms with E-state index in [4.69, 9.17) is 0 Å². The molecule has 0 atom stereocenters. The van der Waals surface area contributed by atoms with Crippen molar-refractivity contribution in [1.29, 1.82) is 0 Å². The Morgan fingerprint density at radius 2 is 1.79 bits per heavy atom. The highest BCUT2D eigenvalue weighted by molar-refractivity contribution is 5.26. The van der Waals surface area contributed by atoms with E-state index in [9.17, 15) is 5.11 Å². The van der Waals surface area contributed by atoms with Crippen LogP contribution >= 0.6 is 0 Å². The minimum absolute atomic E-state index is 0.321. The zero-order chi connectivity index (χ0) is 13.1. The molecule has 2 aliphatic heterocycles. The molecule has 2 heterocycles. The molecule has 2 aliphatic rings. The molecule has 0 unspecified atom stereocenters. The molecule has 2 fully saturated rings. The van der Waals surface area contributed by atoms with Crippen LogP contribution in [0.4, 0.5) is 0 Å². The van der Waals surface area contributed by atoms with Gasteiger partial charge in [-0.25, -0.2) is 0 Å². The lowest BCUT2D eigenvalue weighted by molar-refractivity contribution is 0.0263. The summed E-state index contributed by atoms with van der Waals surface area (Å²) in [4.78, 5) is 2.64. The summed E-state index contributed by atoms with van der Waals surface area (Å²) in [7, 11) is 0. The largest absolute Gasteiger partial charge is 0.508 e. The van der Waals surface area contributed by atoms with Crippen molar-refractivity contribution in [3.63, 3.8) is 0 Å². The molecule has 3 rings (SSSR count). The number of nitrogens with one attached hydrogen (secondary N) is 2. The third-order valence-electron chi connectivity index (χ3n) is 4.53. The van der Waals surface area contributed by atoms with Gasteiger partial charge >= 0.3 is 0 Å². The SMILES string of the molecule is Oc1ccc(CN2CCNCC23CCNCC3)cc1. The predicted octanol–water partition coefficient (Wildman–Crippen LogP) is 0.920. The van der Waals surface area contributed by atoms with Gasteiger partial charge < -0.3 is 15.7 Å². The summed E-state index contributed by atoms with van der Waals surface area (Å²) >= 11 is 0. The van der Waals surface area contributed by atoms with Gasteiger partial charge in [-0.05, 0) is 43.6 Å². The first-order valence-electron chi connectivity index (χ1n) is 7.23. The fraction of sp³-hybridized carbons (Fsp3) is 0.600. The molecule has 1 aromatic rings. The molecule has 3 N–H and O–H groups in total. The molecule has 4 heteroatoms. The van der Waals surface area contributed by atoms with Crippen LogP contribution < -0.4 is 10.6 Å². The summed E-state index contributed by atoms with van der Waals surface area (Å²) in [6, 6.07) is 7.64. The average molecular weight is 261 g/mol. The normalized spacial score (nSPS) is 23.6. The maximum Gasteiger partial charge on any atom is 0.115 e. The van der Waals surface area contributed by atoms with E-state index in [2.05, 4.69) is 15.5 Å². The van der Waals surface area contributed by atoms with E-state index in [1.54, 1.807) is 12.1 Å². The Balaban J connectivity index is 1.75. The molecular weight excluding hydrogens is 238 g/mol. The van der Waals surface area contributed by atoms with Crippen molar-refractivity contribution in [1.82, 2.24) is 15.5 Å². The maximum atomic E-state index is 9.37. The Labute approximate surface area is 114 Å². The second kappa shape index (κ2) is 5.49. The Hall–Kier alpha value is -1.10. The standard InChI is InChI=1S/C15H23N3O/c19-14-3-1-13(2-4-14)11-18-10-9-17-12-15(18)5-7-16-8-6-15/h1-4,16-17,19H,5-12H2. The third kappa shape index (κ3) is 2.76. The number of hydrogen-bond donors (Lipinski definition) is 3. The number of rotatable bonds is 2. The summed E-state index contributed by atoms with van der Waals surface area (Å²) in [6.45, 7) is 6.52. The molecular formula is C15H23N3O. The van der Waals surface area contributed by atoms with Crippen LogP contribution in [-0.2, 0) is 6.54 Å². The minimum atomic E-state index is 0.321. The van der Waals surface area contributed by atoms with Gasteiger partial charge in [0, 0.05) is 31.7 Å². The first kappa shape index (κ1) is 12.9. The monoisotopic (exact) mass is 261 g/mol. The lowest BCUT2D eigenvalue weighted by Gasteiger charge is -2.50. The van der Waals surface area contributed by atoms with Crippen molar-refractivity contribution < 1.29 is 5.11 Å². The van der Waals surface area contributed by atoms with E-state index >= 15 is 0 Å². The molecule has 0 radical (unpaired) electrons. The molecule has 4 nitrogen and oxygen atoms in total. The molecule has 104 valence electrons. The van der Waals surface area contributed by atoms with Crippen molar-refractivity contribution in [3.8, 4) is 5.75 Å². The highest BCUT2D eigenvalue weighted by Crippen LogP contribution is 2.29. The average Bonchev–Trinajstić information content (AvgIpc) is 2.45. The number of benzene rings is 1. The van der Waals surface area contributed by atoms with E-state index in [1.807, 2.05) is 12.1 Å². The van der Waals surface area contributed by atoms with Gasteiger partial charge in [0.25, 0.3) is 0 Å². The Morgan fingerprint density at radius 1 is 1.05 bits per heavy atom. The van der Waals surface area contributed by atoms with Crippen LogP contribution in [0.15, 0.2) is 24.3 Å². The van der Waals surface area contributed by atoms with Crippen LogP contribution in [0, 0.1) is 0 Å².